The molecule has 0 aliphatic carbocycles. The normalized spacial score (nSPS) is 10.7. The molecule has 0 fully saturated rings. The Balaban J connectivity index is 1.47. The third kappa shape index (κ3) is 3.59. The maximum Gasteiger partial charge on any atom is 0.165 e. The van der Waals surface area contributed by atoms with E-state index < -0.39 is 5.82 Å². The van der Waals surface area contributed by atoms with E-state index in [0.717, 1.165) is 11.3 Å². The molecule has 0 atom stereocenters. The predicted octanol–water partition coefficient (Wildman–Crippen LogP) is 5.13. The van der Waals surface area contributed by atoms with E-state index in [4.69, 9.17) is 9.15 Å². The van der Waals surface area contributed by atoms with Crippen LogP contribution < -0.4 is 10.1 Å². The predicted molar refractivity (Wildman–Crippen MR) is 96.7 cm³/mol. The van der Waals surface area contributed by atoms with Gasteiger partial charge in [0.25, 0.3) is 0 Å². The third-order valence-electron chi connectivity index (χ3n) is 3.81. The molecule has 130 valence electrons. The topological polar surface area (TPSA) is 63.1 Å². The number of benzene rings is 2. The van der Waals surface area contributed by atoms with Gasteiger partial charge in [-0.25, -0.2) is 4.39 Å². The number of anilines is 2. The molecule has 2 aromatic carbocycles. The molecule has 0 saturated heterocycles. The number of ether oxygens (including phenoxy) is 1. The Morgan fingerprint density at radius 1 is 1.04 bits per heavy atom. The lowest BCUT2D eigenvalue weighted by Gasteiger charge is -2.10. The number of hydrogen-bond donors (Lipinski definition) is 2. The van der Waals surface area contributed by atoms with Gasteiger partial charge in [-0.3, -0.25) is 5.10 Å². The Labute approximate surface area is 149 Å². The maximum atomic E-state index is 14.0. The van der Waals surface area contributed by atoms with Crippen molar-refractivity contribution in [2.24, 2.45) is 0 Å². The van der Waals surface area contributed by atoms with E-state index in [2.05, 4.69) is 15.5 Å². The first-order valence-corrected chi connectivity index (χ1v) is 8.10. The van der Waals surface area contributed by atoms with Gasteiger partial charge in [0.2, 0.25) is 0 Å². The van der Waals surface area contributed by atoms with Crippen LogP contribution in [0, 0.1) is 5.82 Å². The van der Waals surface area contributed by atoms with E-state index in [-0.39, 0.29) is 5.75 Å². The number of aromatic nitrogens is 2. The second-order valence-corrected chi connectivity index (χ2v) is 5.69. The lowest BCUT2D eigenvalue weighted by Crippen LogP contribution is -1.98. The molecule has 26 heavy (non-hydrogen) atoms. The van der Waals surface area contributed by atoms with E-state index in [1.54, 1.807) is 24.5 Å². The van der Waals surface area contributed by atoms with E-state index in [0.29, 0.717) is 23.9 Å². The van der Waals surface area contributed by atoms with Crippen molar-refractivity contribution in [2.75, 3.05) is 5.32 Å². The molecule has 0 aliphatic heterocycles. The molecule has 0 radical (unpaired) electrons. The molecule has 5 nitrogen and oxygen atoms in total. The molecule has 2 heterocycles. The van der Waals surface area contributed by atoms with Crippen molar-refractivity contribution < 1.29 is 13.5 Å². The van der Waals surface area contributed by atoms with Crippen LogP contribution in [0.1, 0.15) is 5.56 Å². The highest BCUT2D eigenvalue weighted by atomic mass is 19.1. The molecule has 0 aliphatic rings. The van der Waals surface area contributed by atoms with Gasteiger partial charge in [-0.2, -0.15) is 5.10 Å². The minimum Gasteiger partial charge on any atom is -0.486 e. The molecule has 0 amide bonds. The van der Waals surface area contributed by atoms with Crippen LogP contribution in [0.25, 0.3) is 11.5 Å². The number of halogens is 1. The summed E-state index contributed by atoms with van der Waals surface area (Å²) < 4.78 is 24.9. The van der Waals surface area contributed by atoms with E-state index in [1.807, 2.05) is 42.5 Å². The van der Waals surface area contributed by atoms with Crippen molar-refractivity contribution in [1.82, 2.24) is 10.2 Å². The monoisotopic (exact) mass is 349 g/mol. The lowest BCUT2D eigenvalue weighted by atomic mass is 10.2. The second kappa shape index (κ2) is 7.14. The number of aromatic amines is 1. The lowest BCUT2D eigenvalue weighted by molar-refractivity contribution is 0.290. The Kier molecular flexibility index (Phi) is 4.38. The van der Waals surface area contributed by atoms with Crippen molar-refractivity contribution in [2.45, 2.75) is 6.61 Å². The molecular weight excluding hydrogens is 333 g/mol. The van der Waals surface area contributed by atoms with Crippen LogP contribution in [0.3, 0.4) is 0 Å². The number of rotatable bonds is 6. The maximum absolute atomic E-state index is 14.0. The van der Waals surface area contributed by atoms with Crippen LogP contribution in [0.4, 0.5) is 15.9 Å². The molecule has 0 saturated carbocycles. The van der Waals surface area contributed by atoms with Crippen LogP contribution in [-0.2, 0) is 6.61 Å². The molecule has 4 rings (SSSR count). The average Bonchev–Trinajstić information content (AvgIpc) is 3.35. The summed E-state index contributed by atoms with van der Waals surface area (Å²) in [4.78, 5) is 0. The largest absolute Gasteiger partial charge is 0.486 e. The molecule has 0 bridgehead atoms. The minimum atomic E-state index is -0.412. The second-order valence-electron chi connectivity index (χ2n) is 5.69. The molecule has 0 unspecified atom stereocenters. The zero-order valence-electron chi connectivity index (χ0n) is 13.8. The van der Waals surface area contributed by atoms with Gasteiger partial charge in [-0.15, -0.1) is 0 Å². The summed E-state index contributed by atoms with van der Waals surface area (Å²) in [5.74, 6) is 1.05. The van der Waals surface area contributed by atoms with Crippen LogP contribution >= 0.6 is 0 Å². The fraction of sp³-hybridized carbons (Fsp3) is 0.0500. The van der Waals surface area contributed by atoms with E-state index >= 15 is 0 Å². The summed E-state index contributed by atoms with van der Waals surface area (Å²) in [7, 11) is 0. The smallest absolute Gasteiger partial charge is 0.165 e. The van der Waals surface area contributed by atoms with E-state index in [9.17, 15) is 4.39 Å². The zero-order valence-corrected chi connectivity index (χ0v) is 13.8. The summed E-state index contributed by atoms with van der Waals surface area (Å²) in [5, 5.41) is 10.2. The number of nitrogens with one attached hydrogen (secondary N) is 2. The van der Waals surface area contributed by atoms with Gasteiger partial charge in [-0.05, 0) is 29.8 Å². The summed E-state index contributed by atoms with van der Waals surface area (Å²) in [6.45, 7) is 0.298. The quantitative estimate of drug-likeness (QED) is 0.506. The fourth-order valence-corrected chi connectivity index (χ4v) is 2.52. The molecular formula is C20H16FN3O2. The molecule has 6 heteroatoms. The van der Waals surface area contributed by atoms with Gasteiger partial charge < -0.3 is 14.5 Å². The van der Waals surface area contributed by atoms with Crippen molar-refractivity contribution in [3.8, 4) is 17.2 Å². The summed E-state index contributed by atoms with van der Waals surface area (Å²) >= 11 is 0. The first kappa shape index (κ1) is 16.0. The van der Waals surface area contributed by atoms with E-state index in [1.165, 1.54) is 6.07 Å². The van der Waals surface area contributed by atoms with Gasteiger partial charge in [0, 0.05) is 17.8 Å². The number of hydrogen-bond acceptors (Lipinski definition) is 4. The van der Waals surface area contributed by atoms with Crippen molar-refractivity contribution >= 4 is 11.5 Å². The Bertz CT molecular complexity index is 981. The Morgan fingerprint density at radius 3 is 2.73 bits per heavy atom. The van der Waals surface area contributed by atoms with Crippen LogP contribution in [0.15, 0.2) is 77.4 Å². The number of H-pyrrole nitrogens is 1. The number of furan rings is 1. The molecule has 2 aromatic heterocycles. The van der Waals surface area contributed by atoms with Crippen LogP contribution in [0.2, 0.25) is 0 Å². The highest BCUT2D eigenvalue weighted by Crippen LogP contribution is 2.26. The summed E-state index contributed by atoms with van der Waals surface area (Å²) in [6, 6.07) is 19.7. The molecule has 0 spiro atoms. The summed E-state index contributed by atoms with van der Waals surface area (Å²) in [5.41, 5.74) is 2.40. The van der Waals surface area contributed by atoms with Gasteiger partial charge in [0.1, 0.15) is 12.3 Å². The SMILES string of the molecule is Fc1ccc(Nc2cc(-c3ccco3)[nH]n2)cc1OCc1ccccc1. The first-order valence-electron chi connectivity index (χ1n) is 8.10. The average molecular weight is 349 g/mol. The van der Waals surface area contributed by atoms with Crippen molar-refractivity contribution in [3.63, 3.8) is 0 Å². The van der Waals surface area contributed by atoms with Gasteiger partial charge in [-0.1, -0.05) is 30.3 Å². The van der Waals surface area contributed by atoms with Crippen LogP contribution in [0.5, 0.6) is 5.75 Å². The van der Waals surface area contributed by atoms with Gasteiger partial charge >= 0.3 is 0 Å². The Hall–Kier alpha value is -3.54. The van der Waals surface area contributed by atoms with Crippen molar-refractivity contribution in [1.29, 1.82) is 0 Å². The zero-order chi connectivity index (χ0) is 17.8. The molecule has 2 N–H and O–H groups in total. The highest BCUT2D eigenvalue weighted by molar-refractivity contribution is 5.63. The van der Waals surface area contributed by atoms with Crippen molar-refractivity contribution in [3.05, 3.63) is 84.4 Å². The Morgan fingerprint density at radius 2 is 1.92 bits per heavy atom. The third-order valence-corrected chi connectivity index (χ3v) is 3.81. The van der Waals surface area contributed by atoms with Crippen LogP contribution in [-0.4, -0.2) is 10.2 Å². The molecule has 4 aromatic rings. The highest BCUT2D eigenvalue weighted by Gasteiger charge is 2.09. The van der Waals surface area contributed by atoms with Gasteiger partial charge in [0.05, 0.1) is 6.26 Å². The number of nitrogens with zero attached hydrogens (tertiary/aromatic N) is 1. The fourth-order valence-electron chi connectivity index (χ4n) is 2.52. The van der Waals surface area contributed by atoms with Gasteiger partial charge in [0.15, 0.2) is 23.1 Å². The first-order chi connectivity index (χ1) is 12.8. The standard InChI is InChI=1S/C20H16FN3O2/c21-16-9-8-15(11-19(16)26-13-14-5-2-1-3-6-14)22-20-12-17(23-24-20)18-7-4-10-25-18/h1-12H,13H2,(H2,22,23,24). The minimum absolute atomic E-state index is 0.181. The summed E-state index contributed by atoms with van der Waals surface area (Å²) in [6.07, 6.45) is 1.60.